The molecule has 0 fully saturated rings. The molecule has 1 heterocycles. The quantitative estimate of drug-likeness (QED) is 0.805. The van der Waals surface area contributed by atoms with Crippen LogP contribution >= 0.6 is 0 Å². The Kier molecular flexibility index (Phi) is 5.58. The number of nitrogens with zero attached hydrogens (tertiary/aromatic N) is 1. The van der Waals surface area contributed by atoms with Gasteiger partial charge in [0.25, 0.3) is 5.91 Å². The van der Waals surface area contributed by atoms with E-state index in [0.717, 1.165) is 5.56 Å². The van der Waals surface area contributed by atoms with Gasteiger partial charge >= 0.3 is 5.97 Å². The van der Waals surface area contributed by atoms with Gasteiger partial charge in [0, 0.05) is 12.0 Å². The predicted octanol–water partition coefficient (Wildman–Crippen LogP) is 2.18. The Morgan fingerprint density at radius 1 is 1.19 bits per heavy atom. The maximum Gasteiger partial charge on any atom is 0.325 e. The monoisotopic (exact) mass is 356 g/mol. The standard InChI is InChI=1S/C19H17FN2O4/c20-15-8-4-7-14(9-15)16-10-17(26-22-16)19(24)21-11-18(23)25-12-13-5-2-1-3-6-13/h1-9,17H,10-12H2,(H,21,24). The van der Waals surface area contributed by atoms with Crippen LogP contribution < -0.4 is 5.32 Å². The molecule has 26 heavy (non-hydrogen) atoms. The summed E-state index contributed by atoms with van der Waals surface area (Å²) in [6, 6.07) is 15.1. The highest BCUT2D eigenvalue weighted by Gasteiger charge is 2.29. The van der Waals surface area contributed by atoms with E-state index in [-0.39, 0.29) is 25.4 Å². The SMILES string of the molecule is O=C(CNC(=O)C1CC(c2cccc(F)c2)=NO1)OCc1ccccc1. The molecule has 0 aliphatic carbocycles. The lowest BCUT2D eigenvalue weighted by Crippen LogP contribution is -2.38. The summed E-state index contributed by atoms with van der Waals surface area (Å²) in [4.78, 5) is 28.9. The summed E-state index contributed by atoms with van der Waals surface area (Å²) in [6.45, 7) is -0.122. The molecule has 0 radical (unpaired) electrons. The number of rotatable bonds is 6. The molecule has 0 saturated carbocycles. The van der Waals surface area contributed by atoms with Crippen LogP contribution in [0.2, 0.25) is 0 Å². The molecule has 7 heteroatoms. The van der Waals surface area contributed by atoms with E-state index in [1.807, 2.05) is 30.3 Å². The van der Waals surface area contributed by atoms with Gasteiger partial charge in [-0.15, -0.1) is 0 Å². The number of halogens is 1. The van der Waals surface area contributed by atoms with Crippen molar-refractivity contribution < 1.29 is 23.6 Å². The van der Waals surface area contributed by atoms with Crippen molar-refractivity contribution in [1.29, 1.82) is 0 Å². The fraction of sp³-hybridized carbons (Fsp3) is 0.211. The van der Waals surface area contributed by atoms with Crippen LogP contribution in [-0.2, 0) is 25.8 Å². The minimum Gasteiger partial charge on any atom is -0.460 e. The van der Waals surface area contributed by atoms with Crippen LogP contribution in [0.15, 0.2) is 59.8 Å². The minimum absolute atomic E-state index is 0.141. The highest BCUT2D eigenvalue weighted by molar-refractivity contribution is 6.04. The van der Waals surface area contributed by atoms with Crippen molar-refractivity contribution in [2.45, 2.75) is 19.1 Å². The zero-order chi connectivity index (χ0) is 18.4. The fourth-order valence-electron chi connectivity index (χ4n) is 2.42. The van der Waals surface area contributed by atoms with Gasteiger partial charge in [-0.05, 0) is 17.7 Å². The summed E-state index contributed by atoms with van der Waals surface area (Å²) in [7, 11) is 0. The van der Waals surface area contributed by atoms with Gasteiger partial charge in [-0.3, -0.25) is 9.59 Å². The number of esters is 1. The Bertz CT molecular complexity index is 823. The second-order valence-corrected chi connectivity index (χ2v) is 5.71. The van der Waals surface area contributed by atoms with Gasteiger partial charge in [-0.2, -0.15) is 0 Å². The van der Waals surface area contributed by atoms with E-state index in [1.54, 1.807) is 12.1 Å². The number of carbonyl (C=O) groups is 2. The molecule has 2 aromatic carbocycles. The summed E-state index contributed by atoms with van der Waals surface area (Å²) in [5, 5.41) is 6.28. The highest BCUT2D eigenvalue weighted by Crippen LogP contribution is 2.17. The molecule has 1 amide bonds. The molecule has 0 aromatic heterocycles. The van der Waals surface area contributed by atoms with Crippen LogP contribution in [0.5, 0.6) is 0 Å². The summed E-state index contributed by atoms with van der Waals surface area (Å²) >= 11 is 0. The Morgan fingerprint density at radius 3 is 2.77 bits per heavy atom. The van der Waals surface area contributed by atoms with Gasteiger partial charge in [0.1, 0.15) is 19.0 Å². The normalized spacial score (nSPS) is 15.7. The first-order chi connectivity index (χ1) is 12.6. The highest BCUT2D eigenvalue weighted by atomic mass is 19.1. The number of ether oxygens (including phenoxy) is 1. The Balaban J connectivity index is 1.42. The van der Waals surface area contributed by atoms with Crippen LogP contribution in [0.3, 0.4) is 0 Å². The average molecular weight is 356 g/mol. The van der Waals surface area contributed by atoms with E-state index in [1.165, 1.54) is 12.1 Å². The fourth-order valence-corrected chi connectivity index (χ4v) is 2.42. The number of nitrogens with one attached hydrogen (secondary N) is 1. The van der Waals surface area contributed by atoms with Crippen molar-refractivity contribution in [2.24, 2.45) is 5.16 Å². The number of hydrogen-bond donors (Lipinski definition) is 1. The van der Waals surface area contributed by atoms with Crippen molar-refractivity contribution in [3.8, 4) is 0 Å². The molecule has 0 spiro atoms. The second-order valence-electron chi connectivity index (χ2n) is 5.71. The third-order valence-corrected chi connectivity index (χ3v) is 3.77. The predicted molar refractivity (Wildman–Crippen MR) is 91.7 cm³/mol. The van der Waals surface area contributed by atoms with Gasteiger partial charge in [0.2, 0.25) is 6.10 Å². The van der Waals surface area contributed by atoms with Crippen molar-refractivity contribution in [2.75, 3.05) is 6.54 Å². The molecular formula is C19H17FN2O4. The maximum atomic E-state index is 13.3. The topological polar surface area (TPSA) is 77.0 Å². The van der Waals surface area contributed by atoms with E-state index >= 15 is 0 Å². The molecular weight excluding hydrogens is 339 g/mol. The third-order valence-electron chi connectivity index (χ3n) is 3.77. The maximum absolute atomic E-state index is 13.3. The summed E-state index contributed by atoms with van der Waals surface area (Å²) in [5.74, 6) is -1.41. The van der Waals surface area contributed by atoms with E-state index in [9.17, 15) is 14.0 Å². The second kappa shape index (κ2) is 8.24. The first kappa shape index (κ1) is 17.6. The van der Waals surface area contributed by atoms with Crippen LogP contribution in [-0.4, -0.2) is 30.2 Å². The lowest BCUT2D eigenvalue weighted by Gasteiger charge is -2.09. The summed E-state index contributed by atoms with van der Waals surface area (Å²) in [5.41, 5.74) is 1.90. The van der Waals surface area contributed by atoms with Crippen molar-refractivity contribution in [3.63, 3.8) is 0 Å². The molecule has 0 saturated heterocycles. The minimum atomic E-state index is -0.852. The van der Waals surface area contributed by atoms with Crippen LogP contribution in [0.4, 0.5) is 4.39 Å². The van der Waals surface area contributed by atoms with Crippen LogP contribution in [0.1, 0.15) is 17.5 Å². The molecule has 6 nitrogen and oxygen atoms in total. The Hall–Kier alpha value is -3.22. The first-order valence-electron chi connectivity index (χ1n) is 8.08. The Labute approximate surface area is 149 Å². The number of amides is 1. The zero-order valence-electron chi connectivity index (χ0n) is 13.9. The van der Waals surface area contributed by atoms with E-state index in [0.29, 0.717) is 11.3 Å². The third kappa shape index (κ3) is 4.66. The summed E-state index contributed by atoms with van der Waals surface area (Å²) in [6.07, 6.45) is -0.649. The number of hydrogen-bond acceptors (Lipinski definition) is 5. The number of benzene rings is 2. The molecule has 2 aromatic rings. The van der Waals surface area contributed by atoms with E-state index in [2.05, 4.69) is 10.5 Å². The van der Waals surface area contributed by atoms with Gasteiger partial charge < -0.3 is 14.9 Å². The van der Waals surface area contributed by atoms with Crippen LogP contribution in [0, 0.1) is 5.82 Å². The molecule has 1 unspecified atom stereocenters. The van der Waals surface area contributed by atoms with Crippen molar-refractivity contribution in [3.05, 3.63) is 71.5 Å². The molecule has 134 valence electrons. The van der Waals surface area contributed by atoms with Crippen LogP contribution in [0.25, 0.3) is 0 Å². The zero-order valence-corrected chi connectivity index (χ0v) is 13.9. The van der Waals surface area contributed by atoms with E-state index in [4.69, 9.17) is 9.57 Å². The molecule has 1 aliphatic rings. The summed E-state index contributed by atoms with van der Waals surface area (Å²) < 4.78 is 18.3. The van der Waals surface area contributed by atoms with Crippen molar-refractivity contribution >= 4 is 17.6 Å². The van der Waals surface area contributed by atoms with Gasteiger partial charge in [-0.1, -0.05) is 47.6 Å². The van der Waals surface area contributed by atoms with E-state index < -0.39 is 18.0 Å². The molecule has 0 bridgehead atoms. The molecule has 1 aliphatic heterocycles. The van der Waals surface area contributed by atoms with Gasteiger partial charge in [0.15, 0.2) is 0 Å². The smallest absolute Gasteiger partial charge is 0.325 e. The lowest BCUT2D eigenvalue weighted by molar-refractivity contribution is -0.146. The lowest BCUT2D eigenvalue weighted by atomic mass is 10.0. The average Bonchev–Trinajstić information content (AvgIpc) is 3.15. The molecule has 1 atom stereocenters. The number of carbonyl (C=O) groups excluding carboxylic acids is 2. The molecule has 1 N–H and O–H groups in total. The van der Waals surface area contributed by atoms with Gasteiger partial charge in [-0.25, -0.2) is 4.39 Å². The largest absolute Gasteiger partial charge is 0.460 e. The van der Waals surface area contributed by atoms with Crippen molar-refractivity contribution in [1.82, 2.24) is 5.32 Å². The number of oxime groups is 1. The molecule has 3 rings (SSSR count). The van der Waals surface area contributed by atoms with Gasteiger partial charge in [0.05, 0.1) is 5.71 Å². The first-order valence-corrected chi connectivity index (χ1v) is 8.08. The Morgan fingerprint density at radius 2 is 2.00 bits per heavy atom.